The predicted molar refractivity (Wildman–Crippen MR) is 180 cm³/mol. The molecule has 1 heterocycles. The number of pyridine rings is 1. The van der Waals surface area contributed by atoms with Crippen molar-refractivity contribution in [1.82, 2.24) is 20.9 Å². The van der Waals surface area contributed by atoms with E-state index in [4.69, 9.17) is 0 Å². The molecule has 2 aromatic carbocycles. The highest BCUT2D eigenvalue weighted by Gasteiger charge is 2.42. The van der Waals surface area contributed by atoms with E-state index in [1.165, 1.54) is 6.92 Å². The Bertz CT molecular complexity index is 1540. The molecule has 0 saturated heterocycles. The van der Waals surface area contributed by atoms with E-state index in [1.54, 1.807) is 30.5 Å². The van der Waals surface area contributed by atoms with E-state index >= 15 is 0 Å². The molecular formula is C36H42F3N5O6. The van der Waals surface area contributed by atoms with Gasteiger partial charge in [0.2, 0.25) is 17.7 Å². The molecule has 2 atom stereocenters. The van der Waals surface area contributed by atoms with Crippen LogP contribution in [-0.2, 0) is 28.7 Å². The minimum Gasteiger partial charge on any atom is -0.386 e. The number of esters is 2. The maximum absolute atomic E-state index is 13.6. The SMILES string of the molecule is CC(=O)NCCCC[C@H](NC(=O)CCCCCNc1ccccn1)C(=O)NC(CC(=O)OC(=O)C(F)(F)F)c1ccc(-c2ccccc2)cc1. The Hall–Kier alpha value is -5.27. The van der Waals surface area contributed by atoms with Gasteiger partial charge in [-0.25, -0.2) is 9.78 Å². The Morgan fingerprint density at radius 3 is 2.12 bits per heavy atom. The molecule has 4 N–H and O–H groups in total. The number of carbonyl (C=O) groups is 5. The molecule has 0 spiro atoms. The van der Waals surface area contributed by atoms with Gasteiger partial charge in [0, 0.05) is 32.6 Å². The second-order valence-electron chi connectivity index (χ2n) is 11.6. The highest BCUT2D eigenvalue weighted by molar-refractivity contribution is 5.90. The lowest BCUT2D eigenvalue weighted by Gasteiger charge is -2.24. The lowest BCUT2D eigenvalue weighted by molar-refractivity contribution is -0.202. The number of amides is 3. The fraction of sp³-hybridized carbons (Fsp3) is 0.389. The fourth-order valence-electron chi connectivity index (χ4n) is 4.98. The summed E-state index contributed by atoms with van der Waals surface area (Å²) < 4.78 is 42.4. The van der Waals surface area contributed by atoms with Crippen molar-refractivity contribution in [3.63, 3.8) is 0 Å². The van der Waals surface area contributed by atoms with Gasteiger partial charge in [-0.3, -0.25) is 19.2 Å². The number of ether oxygens (including phenoxy) is 1. The van der Waals surface area contributed by atoms with Crippen LogP contribution in [0.3, 0.4) is 0 Å². The molecule has 0 bridgehead atoms. The molecule has 0 fully saturated rings. The van der Waals surface area contributed by atoms with Crippen molar-refractivity contribution in [3.8, 4) is 11.1 Å². The molecule has 0 aliphatic heterocycles. The summed E-state index contributed by atoms with van der Waals surface area (Å²) in [5.74, 6) is -4.65. The highest BCUT2D eigenvalue weighted by atomic mass is 19.4. The molecule has 3 amide bonds. The van der Waals surface area contributed by atoms with Crippen LogP contribution >= 0.6 is 0 Å². The van der Waals surface area contributed by atoms with Gasteiger partial charge in [0.25, 0.3) is 0 Å². The normalized spacial score (nSPS) is 12.2. The number of hydrogen-bond donors (Lipinski definition) is 4. The number of halogens is 3. The third-order valence-electron chi connectivity index (χ3n) is 7.54. The predicted octanol–water partition coefficient (Wildman–Crippen LogP) is 5.39. The Labute approximate surface area is 288 Å². The third-order valence-corrected chi connectivity index (χ3v) is 7.54. The average molecular weight is 698 g/mol. The zero-order valence-electron chi connectivity index (χ0n) is 27.8. The van der Waals surface area contributed by atoms with Gasteiger partial charge in [0.1, 0.15) is 11.9 Å². The van der Waals surface area contributed by atoms with Crippen molar-refractivity contribution < 1.29 is 41.9 Å². The lowest BCUT2D eigenvalue weighted by atomic mass is 9.98. The molecule has 0 aliphatic carbocycles. The van der Waals surface area contributed by atoms with Crippen LogP contribution in [0.2, 0.25) is 0 Å². The molecule has 1 unspecified atom stereocenters. The molecule has 0 saturated carbocycles. The van der Waals surface area contributed by atoms with Gasteiger partial charge in [-0.1, -0.05) is 67.1 Å². The van der Waals surface area contributed by atoms with Crippen molar-refractivity contribution in [1.29, 1.82) is 0 Å². The number of unbranched alkanes of at least 4 members (excludes halogenated alkanes) is 3. The average Bonchev–Trinajstić information content (AvgIpc) is 3.09. The smallest absolute Gasteiger partial charge is 0.386 e. The summed E-state index contributed by atoms with van der Waals surface area (Å²) in [6, 6.07) is 19.3. The first-order valence-corrected chi connectivity index (χ1v) is 16.4. The van der Waals surface area contributed by atoms with Crippen LogP contribution in [0.25, 0.3) is 11.1 Å². The van der Waals surface area contributed by atoms with Gasteiger partial charge >= 0.3 is 18.1 Å². The minimum absolute atomic E-state index is 0.148. The third kappa shape index (κ3) is 14.5. The van der Waals surface area contributed by atoms with Gasteiger partial charge in [-0.05, 0) is 60.9 Å². The molecule has 11 nitrogen and oxygen atoms in total. The van der Waals surface area contributed by atoms with Crippen LogP contribution in [0.5, 0.6) is 0 Å². The van der Waals surface area contributed by atoms with Crippen molar-refractivity contribution in [2.75, 3.05) is 18.4 Å². The number of aromatic nitrogens is 1. The van der Waals surface area contributed by atoms with E-state index in [-0.39, 0.29) is 24.7 Å². The Kier molecular flexibility index (Phi) is 15.9. The van der Waals surface area contributed by atoms with Crippen molar-refractivity contribution in [3.05, 3.63) is 84.6 Å². The van der Waals surface area contributed by atoms with Crippen LogP contribution in [0.15, 0.2) is 79.0 Å². The molecular weight excluding hydrogens is 655 g/mol. The maximum atomic E-state index is 13.6. The maximum Gasteiger partial charge on any atom is 0.491 e. The standard InChI is InChI=1S/C36H42F3N5O6/c1-25(45)40-21-10-7-14-29(43-32(46)16-6-3-9-22-41-31-15-8-11-23-42-31)34(48)44-30(24-33(47)50-35(49)36(37,38)39)28-19-17-27(18-20-28)26-12-4-2-5-13-26/h2,4-5,8,11-13,15,17-20,23,29-30H,3,6-7,9-10,14,16,21-22,24H2,1H3,(H,40,45)(H,41,42)(H,43,46)(H,44,48)/t29-,30?/m0/s1. The van der Waals surface area contributed by atoms with Crippen LogP contribution in [0, 0.1) is 0 Å². The summed E-state index contributed by atoms with van der Waals surface area (Å²) >= 11 is 0. The Balaban J connectivity index is 1.68. The fourth-order valence-corrected chi connectivity index (χ4v) is 4.98. The van der Waals surface area contributed by atoms with Crippen LogP contribution in [-0.4, -0.2) is 60.0 Å². The quantitative estimate of drug-likeness (QED) is 0.0739. The second kappa shape index (κ2) is 20.3. The summed E-state index contributed by atoms with van der Waals surface area (Å²) in [6.07, 6.45) is -1.12. The van der Waals surface area contributed by atoms with Crippen molar-refractivity contribution >= 4 is 35.5 Å². The molecule has 3 aromatic rings. The highest BCUT2D eigenvalue weighted by Crippen LogP contribution is 2.25. The zero-order chi connectivity index (χ0) is 36.4. The number of rotatable bonds is 19. The van der Waals surface area contributed by atoms with E-state index in [0.717, 1.165) is 29.8 Å². The van der Waals surface area contributed by atoms with Gasteiger partial charge in [-0.15, -0.1) is 0 Å². The number of hydrogen-bond acceptors (Lipinski definition) is 8. The molecule has 14 heteroatoms. The molecule has 3 rings (SSSR count). The van der Waals surface area contributed by atoms with Gasteiger partial charge in [0.15, 0.2) is 0 Å². The number of nitrogens with zero attached hydrogens (tertiary/aromatic N) is 1. The first-order chi connectivity index (χ1) is 23.9. The van der Waals surface area contributed by atoms with Crippen molar-refractivity contribution in [2.24, 2.45) is 0 Å². The summed E-state index contributed by atoms with van der Waals surface area (Å²) in [5, 5.41) is 11.3. The largest absolute Gasteiger partial charge is 0.491 e. The number of benzene rings is 2. The molecule has 1 aromatic heterocycles. The van der Waals surface area contributed by atoms with Crippen molar-refractivity contribution in [2.45, 2.75) is 76.6 Å². The van der Waals surface area contributed by atoms with E-state index in [9.17, 15) is 37.1 Å². The summed E-state index contributed by atoms with van der Waals surface area (Å²) in [6.45, 7) is 2.41. The van der Waals surface area contributed by atoms with E-state index in [2.05, 4.69) is 31.0 Å². The summed E-state index contributed by atoms with van der Waals surface area (Å²) in [5.41, 5.74) is 2.07. The molecule has 50 heavy (non-hydrogen) atoms. The number of anilines is 1. The number of alkyl halides is 3. The second-order valence-corrected chi connectivity index (χ2v) is 11.6. The number of carbonyl (C=O) groups excluding carboxylic acids is 5. The first kappa shape index (κ1) is 39.2. The summed E-state index contributed by atoms with van der Waals surface area (Å²) in [4.78, 5) is 65.8. The van der Waals surface area contributed by atoms with E-state index in [1.807, 2.05) is 48.5 Å². The zero-order valence-corrected chi connectivity index (χ0v) is 27.8. The molecule has 268 valence electrons. The van der Waals surface area contributed by atoms with Gasteiger partial charge in [0.05, 0.1) is 12.5 Å². The Morgan fingerprint density at radius 2 is 1.46 bits per heavy atom. The first-order valence-electron chi connectivity index (χ1n) is 16.4. The number of nitrogens with one attached hydrogen (secondary N) is 4. The minimum atomic E-state index is -5.38. The van der Waals surface area contributed by atoms with Gasteiger partial charge < -0.3 is 26.0 Å². The summed E-state index contributed by atoms with van der Waals surface area (Å²) in [7, 11) is 0. The van der Waals surface area contributed by atoms with Crippen LogP contribution in [0.4, 0.5) is 19.0 Å². The lowest BCUT2D eigenvalue weighted by Crippen LogP contribution is -2.48. The van der Waals surface area contributed by atoms with E-state index < -0.39 is 42.5 Å². The van der Waals surface area contributed by atoms with E-state index in [0.29, 0.717) is 37.9 Å². The Morgan fingerprint density at radius 1 is 0.780 bits per heavy atom. The topological polar surface area (TPSA) is 156 Å². The van der Waals surface area contributed by atoms with Crippen LogP contribution < -0.4 is 21.3 Å². The molecule has 0 radical (unpaired) electrons. The van der Waals surface area contributed by atoms with Gasteiger partial charge in [-0.2, -0.15) is 13.2 Å². The van der Waals surface area contributed by atoms with Crippen LogP contribution in [0.1, 0.15) is 69.9 Å². The monoisotopic (exact) mass is 697 g/mol. The molecule has 0 aliphatic rings.